The number of rotatable bonds is 3. The summed E-state index contributed by atoms with van der Waals surface area (Å²) in [6.07, 6.45) is 4.00. The summed E-state index contributed by atoms with van der Waals surface area (Å²) in [5.41, 5.74) is 0.650. The molecule has 2 aliphatic rings. The molecule has 2 rings (SSSR count). The number of hydrogen-bond donors (Lipinski definition) is 1. The van der Waals surface area contributed by atoms with Gasteiger partial charge in [0.1, 0.15) is 0 Å². The van der Waals surface area contributed by atoms with Crippen molar-refractivity contribution in [3.05, 3.63) is 0 Å². The van der Waals surface area contributed by atoms with Gasteiger partial charge in [0.2, 0.25) is 0 Å². The van der Waals surface area contributed by atoms with Gasteiger partial charge in [-0.2, -0.15) is 0 Å². The van der Waals surface area contributed by atoms with E-state index in [1.165, 1.54) is 24.4 Å². The first kappa shape index (κ1) is 13.3. The summed E-state index contributed by atoms with van der Waals surface area (Å²) in [5.74, 6) is 0.854. The zero-order chi connectivity index (χ0) is 12.7. The molecular formula is C14H26N2S. The van der Waals surface area contributed by atoms with E-state index in [0.717, 1.165) is 12.5 Å². The van der Waals surface area contributed by atoms with Gasteiger partial charge in [0.25, 0.3) is 0 Å². The molecule has 1 saturated carbocycles. The van der Waals surface area contributed by atoms with Crippen LogP contribution in [0.15, 0.2) is 4.99 Å². The van der Waals surface area contributed by atoms with E-state index in [-0.39, 0.29) is 5.54 Å². The third-order valence-electron chi connectivity index (χ3n) is 3.58. The molecular weight excluding hydrogens is 228 g/mol. The molecule has 0 saturated heterocycles. The summed E-state index contributed by atoms with van der Waals surface area (Å²) in [6, 6.07) is 0. The summed E-state index contributed by atoms with van der Waals surface area (Å²) in [7, 11) is 0. The van der Waals surface area contributed by atoms with E-state index in [1.54, 1.807) is 0 Å². The van der Waals surface area contributed by atoms with Gasteiger partial charge in [-0.05, 0) is 44.4 Å². The molecule has 0 radical (unpaired) electrons. The average Bonchev–Trinajstić information content (AvgIpc) is 2.89. The number of hydrogen-bond acceptors (Lipinski definition) is 3. The van der Waals surface area contributed by atoms with Crippen molar-refractivity contribution >= 4 is 16.9 Å². The minimum Gasteiger partial charge on any atom is -0.360 e. The zero-order valence-corrected chi connectivity index (χ0v) is 12.7. The molecule has 0 aromatic rings. The molecule has 0 amide bonds. The highest BCUT2D eigenvalue weighted by Gasteiger charge is 2.39. The average molecular weight is 254 g/mol. The summed E-state index contributed by atoms with van der Waals surface area (Å²) >= 11 is 1.95. The second kappa shape index (κ2) is 4.49. The van der Waals surface area contributed by atoms with Crippen molar-refractivity contribution in [2.45, 2.75) is 64.7 Å². The van der Waals surface area contributed by atoms with Crippen molar-refractivity contribution in [2.24, 2.45) is 16.3 Å². The molecule has 2 nitrogen and oxygen atoms in total. The van der Waals surface area contributed by atoms with Gasteiger partial charge >= 0.3 is 0 Å². The number of nitrogens with zero attached hydrogens (tertiary/aromatic N) is 1. The van der Waals surface area contributed by atoms with Crippen LogP contribution in [0.3, 0.4) is 0 Å². The van der Waals surface area contributed by atoms with E-state index < -0.39 is 0 Å². The Morgan fingerprint density at radius 3 is 2.41 bits per heavy atom. The molecule has 0 spiro atoms. The van der Waals surface area contributed by atoms with Crippen LogP contribution in [0.4, 0.5) is 0 Å². The van der Waals surface area contributed by atoms with Gasteiger partial charge in [-0.3, -0.25) is 4.99 Å². The number of thioether (sulfide) groups is 1. The van der Waals surface area contributed by atoms with Gasteiger partial charge in [-0.15, -0.1) is 0 Å². The van der Waals surface area contributed by atoms with Crippen molar-refractivity contribution in [2.75, 3.05) is 6.54 Å². The molecule has 1 aliphatic carbocycles. The molecule has 1 aliphatic heterocycles. The van der Waals surface area contributed by atoms with Crippen LogP contribution in [0.5, 0.6) is 0 Å². The van der Waals surface area contributed by atoms with Gasteiger partial charge in [0, 0.05) is 10.8 Å². The largest absolute Gasteiger partial charge is 0.360 e. The Kier molecular flexibility index (Phi) is 3.50. The van der Waals surface area contributed by atoms with Crippen LogP contribution in [-0.2, 0) is 0 Å². The molecule has 1 atom stereocenters. The number of nitrogens with one attached hydrogen (secondary N) is 1. The highest BCUT2D eigenvalue weighted by molar-refractivity contribution is 8.14. The van der Waals surface area contributed by atoms with E-state index in [4.69, 9.17) is 0 Å². The molecule has 1 unspecified atom stereocenters. The highest BCUT2D eigenvalue weighted by Crippen LogP contribution is 2.40. The van der Waals surface area contributed by atoms with Gasteiger partial charge < -0.3 is 5.32 Å². The lowest BCUT2D eigenvalue weighted by atomic mass is 9.90. The topological polar surface area (TPSA) is 24.4 Å². The van der Waals surface area contributed by atoms with Crippen LogP contribution in [-0.4, -0.2) is 22.5 Å². The molecule has 1 fully saturated rings. The highest BCUT2D eigenvalue weighted by atomic mass is 32.2. The van der Waals surface area contributed by atoms with Gasteiger partial charge in [-0.25, -0.2) is 0 Å². The first-order valence-electron chi connectivity index (χ1n) is 6.75. The standard InChI is InChI=1S/C14H26N2S/c1-13(2,3)8-11-9-15-12(17-11)16-14(4,5)10-6-7-10/h10-11H,6-9H2,1-5H3,(H,15,16). The lowest BCUT2D eigenvalue weighted by molar-refractivity contribution is 0.375. The van der Waals surface area contributed by atoms with Crippen molar-refractivity contribution in [3.63, 3.8) is 0 Å². The maximum atomic E-state index is 4.67. The second-order valence-electron chi connectivity index (χ2n) is 7.27. The Morgan fingerprint density at radius 2 is 1.88 bits per heavy atom. The normalized spacial score (nSPS) is 25.9. The van der Waals surface area contributed by atoms with Crippen molar-refractivity contribution < 1.29 is 0 Å². The molecule has 1 N–H and O–H groups in total. The van der Waals surface area contributed by atoms with Crippen LogP contribution in [0.2, 0.25) is 0 Å². The molecule has 0 bridgehead atoms. The SMILES string of the molecule is CC(C)(C)CC1CN=C(NC(C)(C)C2CC2)S1. The number of aliphatic imine (C=N–C) groups is 1. The Bertz CT molecular complexity index is 311. The van der Waals surface area contributed by atoms with E-state index in [2.05, 4.69) is 44.9 Å². The molecule has 1 heterocycles. The lowest BCUT2D eigenvalue weighted by Crippen LogP contribution is -2.43. The van der Waals surface area contributed by atoms with Crippen LogP contribution in [0.25, 0.3) is 0 Å². The van der Waals surface area contributed by atoms with E-state index in [0.29, 0.717) is 10.7 Å². The summed E-state index contributed by atoms with van der Waals surface area (Å²) in [4.78, 5) is 4.67. The van der Waals surface area contributed by atoms with Crippen molar-refractivity contribution in [3.8, 4) is 0 Å². The third-order valence-corrected chi connectivity index (χ3v) is 4.69. The minimum atomic E-state index is 0.239. The molecule has 3 heteroatoms. The Labute approximate surface area is 110 Å². The fourth-order valence-electron chi connectivity index (χ4n) is 2.46. The van der Waals surface area contributed by atoms with Gasteiger partial charge in [0.15, 0.2) is 5.17 Å². The maximum absolute atomic E-state index is 4.67. The zero-order valence-electron chi connectivity index (χ0n) is 11.8. The summed E-state index contributed by atoms with van der Waals surface area (Å²) < 4.78 is 0. The van der Waals surface area contributed by atoms with Crippen molar-refractivity contribution in [1.29, 1.82) is 0 Å². The smallest absolute Gasteiger partial charge is 0.157 e. The maximum Gasteiger partial charge on any atom is 0.157 e. The summed E-state index contributed by atoms with van der Waals surface area (Å²) in [6.45, 7) is 12.5. The van der Waals surface area contributed by atoms with E-state index >= 15 is 0 Å². The Balaban J connectivity index is 1.81. The molecule has 0 aromatic carbocycles. The van der Waals surface area contributed by atoms with E-state index in [9.17, 15) is 0 Å². The van der Waals surface area contributed by atoms with Crippen LogP contribution < -0.4 is 5.32 Å². The predicted octanol–water partition coefficient (Wildman–Crippen LogP) is 3.67. The number of amidine groups is 1. The van der Waals surface area contributed by atoms with Gasteiger partial charge in [-0.1, -0.05) is 32.5 Å². The monoisotopic (exact) mass is 254 g/mol. The van der Waals surface area contributed by atoms with Crippen LogP contribution in [0, 0.1) is 11.3 Å². The fraction of sp³-hybridized carbons (Fsp3) is 0.929. The quantitative estimate of drug-likeness (QED) is 0.831. The van der Waals surface area contributed by atoms with E-state index in [1.807, 2.05) is 11.8 Å². The van der Waals surface area contributed by atoms with Crippen LogP contribution in [0.1, 0.15) is 53.9 Å². The Hall–Kier alpha value is -0.180. The lowest BCUT2D eigenvalue weighted by Gasteiger charge is -2.27. The first-order valence-corrected chi connectivity index (χ1v) is 7.63. The second-order valence-corrected chi connectivity index (χ2v) is 8.56. The predicted molar refractivity (Wildman–Crippen MR) is 77.7 cm³/mol. The molecule has 17 heavy (non-hydrogen) atoms. The Morgan fingerprint density at radius 1 is 1.24 bits per heavy atom. The van der Waals surface area contributed by atoms with Gasteiger partial charge in [0.05, 0.1) is 6.54 Å². The fourth-order valence-corrected chi connectivity index (χ4v) is 3.98. The van der Waals surface area contributed by atoms with Crippen LogP contribution >= 0.6 is 11.8 Å². The first-order chi connectivity index (χ1) is 7.76. The minimum absolute atomic E-state index is 0.239. The van der Waals surface area contributed by atoms with Crippen molar-refractivity contribution in [1.82, 2.24) is 5.32 Å². The third kappa shape index (κ3) is 3.90. The molecule has 0 aromatic heterocycles. The summed E-state index contributed by atoms with van der Waals surface area (Å²) in [5, 5.41) is 5.50. The molecule has 98 valence electrons.